The second kappa shape index (κ2) is 42.7. The Kier molecular flexibility index (Phi) is 31.2. The van der Waals surface area contributed by atoms with Crippen LogP contribution in [0.25, 0.3) is 63.8 Å². The number of benzene rings is 5. The molecule has 0 saturated heterocycles. The van der Waals surface area contributed by atoms with Crippen molar-refractivity contribution in [2.45, 2.75) is 135 Å². The Morgan fingerprint density at radius 1 is 0.382 bits per heavy atom. The van der Waals surface area contributed by atoms with Gasteiger partial charge in [0.25, 0.3) is 0 Å². The van der Waals surface area contributed by atoms with E-state index in [1.807, 2.05) is 118 Å². The van der Waals surface area contributed by atoms with E-state index in [2.05, 4.69) is 123 Å². The molecule has 16 N–H and O–H groups in total. The molecule has 678 valence electrons. The number of furan rings is 1. The summed E-state index contributed by atoms with van der Waals surface area (Å²) in [6.07, 6.45) is 2.04. The highest BCUT2D eigenvalue weighted by Gasteiger charge is 2.45. The summed E-state index contributed by atoms with van der Waals surface area (Å²) < 4.78 is 41.4. The van der Waals surface area contributed by atoms with Gasteiger partial charge in [0.1, 0.15) is 5.76 Å². The van der Waals surface area contributed by atoms with E-state index >= 15 is 0 Å². The number of alkyl halides is 2. The number of fused-ring (bicyclic) bond motifs is 2. The maximum absolute atomic E-state index is 13.3. The largest absolute Gasteiger partial charge is 0.586 e. The number of carbonyl (C=O) groups is 6. The van der Waals surface area contributed by atoms with Gasteiger partial charge in [0.15, 0.2) is 63.3 Å². The van der Waals surface area contributed by atoms with Crippen LogP contribution in [0.15, 0.2) is 128 Å². The number of nitrogens with two attached hydrogens (primary N) is 4. The Hall–Kier alpha value is -13.0. The number of nitrogens with zero attached hydrogens (tertiary/aromatic N) is 10. The lowest BCUT2D eigenvalue weighted by Gasteiger charge is -2.11. The van der Waals surface area contributed by atoms with E-state index in [0.29, 0.717) is 58.9 Å². The summed E-state index contributed by atoms with van der Waals surface area (Å²) >= 11 is 14.5. The number of carbonyl (C=O) groups excluding carboxylic acids is 6. The molecule has 12 heterocycles. The molecule has 11 aromatic heterocycles. The average molecular weight is 1960 g/mol. The predicted octanol–water partition coefficient (Wildman–Crippen LogP) is 22.9. The van der Waals surface area contributed by atoms with E-state index in [0.717, 1.165) is 191 Å². The summed E-state index contributed by atoms with van der Waals surface area (Å²) in [6, 6.07) is 29.0. The van der Waals surface area contributed by atoms with Crippen molar-refractivity contribution >= 4 is 234 Å². The van der Waals surface area contributed by atoms with Gasteiger partial charge in [-0.2, -0.15) is 0 Å². The van der Waals surface area contributed by atoms with Gasteiger partial charge in [0.2, 0.25) is 35.4 Å². The zero-order valence-electron chi connectivity index (χ0n) is 72.7. The van der Waals surface area contributed by atoms with Crippen molar-refractivity contribution in [1.82, 2.24) is 49.8 Å². The maximum atomic E-state index is 13.3. The van der Waals surface area contributed by atoms with Crippen LogP contribution in [0.5, 0.6) is 11.5 Å². The first kappa shape index (κ1) is 95.6. The maximum Gasteiger partial charge on any atom is 0.586 e. The molecule has 0 fully saturated rings. The number of para-hydroxylation sites is 2. The summed E-state index contributed by atoms with van der Waals surface area (Å²) in [4.78, 5) is 118. The van der Waals surface area contributed by atoms with E-state index in [-0.39, 0.29) is 29.2 Å². The van der Waals surface area contributed by atoms with Gasteiger partial charge in [-0.1, -0.05) is 122 Å². The summed E-state index contributed by atoms with van der Waals surface area (Å²) in [5.74, 6) is -1.06. The lowest BCUT2D eigenvalue weighted by atomic mass is 10.0. The number of nitrogens with one attached hydrogen (secondary N) is 8. The number of hydrogen-bond donors (Lipinski definition) is 12. The van der Waals surface area contributed by atoms with Crippen LogP contribution in [0, 0.1) is 48.5 Å². The number of anilines is 14. The Balaban J connectivity index is 0.000000139. The highest BCUT2D eigenvalue weighted by Crippen LogP contribution is 2.48. The summed E-state index contributed by atoms with van der Waals surface area (Å²) in [5.41, 5.74) is 39.8. The molecule has 5 aromatic carbocycles. The topological polar surface area (TPSA) is 463 Å². The molecular formula is C88H88F2N22O9S10. The molecule has 6 amide bonds. The fraction of sp³-hybridized carbons (Fsp3) is 0.227. The number of amides is 6. The molecule has 131 heavy (non-hydrogen) atoms. The fourth-order valence-electron chi connectivity index (χ4n) is 13.0. The summed E-state index contributed by atoms with van der Waals surface area (Å²) in [6.45, 7) is 24.2. The quantitative estimate of drug-likeness (QED) is 0.0227. The molecule has 0 atom stereocenters. The lowest BCUT2D eigenvalue weighted by Crippen LogP contribution is -2.26. The summed E-state index contributed by atoms with van der Waals surface area (Å²) in [7, 11) is 0. The van der Waals surface area contributed by atoms with Crippen molar-refractivity contribution in [1.29, 1.82) is 0 Å². The number of primary amides is 3. The van der Waals surface area contributed by atoms with Crippen LogP contribution >= 0.6 is 113 Å². The van der Waals surface area contributed by atoms with Gasteiger partial charge in [-0.3, -0.25) is 28.8 Å². The lowest BCUT2D eigenvalue weighted by molar-refractivity contribution is -0.286. The molecule has 0 radical (unpaired) electrons. The second-order valence-corrected chi connectivity index (χ2v) is 38.6. The standard InChI is InChI=1S/C19H21N5O2S2.C18H16N4O2S2.C18H20N4OS2.C17H19N5OS2.C16H12F2N4O3S2/c1-4-5-12-6-7-13(17(20)26)8-14(12)23-18-24-15(9-27-18)16-10(2)21-19(28-16)22-11(3)25;1-9-7-12-5-4-6-13(15(12)24-9)21-17-22-14(8-25-17)16-10(2)19-18(26-16)20-11(3)23;1-4-5-12-6-7-13(17(19)23)8-14(12)21-18-22-15(9-24-18)16-10(2)20-11(3)25-16;1-3-4-10-5-6-11(15(18)23)7-12(10)21-17-22-13(8-24-17)14-9(2)20-16(19)25-14;1-7-13(27-15(19-7)20-8(2)23)10-6-26-14(22-10)21-9-4-3-5-11-12(9)25-16(17,18)24-11/h6-9H,4-5H2,1-3H3,(H2,20,26)(H,23,24)(H,21,22,25);4-8H,1-3H3,(H,21,22)(H,19,20,23);6-9H,4-5H2,1-3H3,(H2,19,23)(H,21,22);5-8H,3-4H2,1-2H3,(H2,18,23)(H2,19,20)(H,21,22);3-6H,1-2H3,(H,21,22)(H,19,20,23). The van der Waals surface area contributed by atoms with Crippen molar-refractivity contribution in [3.63, 3.8) is 0 Å². The molecule has 31 nitrogen and oxygen atoms in total. The number of thiazole rings is 10. The Bertz CT molecular complexity index is 6720. The molecule has 0 aliphatic carbocycles. The molecule has 16 aromatic rings. The molecule has 0 unspecified atom stereocenters. The number of ether oxygens (including phenoxy) is 2. The number of halogens is 2. The van der Waals surface area contributed by atoms with E-state index < -0.39 is 24.0 Å². The van der Waals surface area contributed by atoms with E-state index in [4.69, 9.17) is 27.4 Å². The van der Waals surface area contributed by atoms with Gasteiger partial charge < -0.3 is 79.4 Å². The molecule has 17 rings (SSSR count). The highest BCUT2D eigenvalue weighted by atomic mass is 32.1. The van der Waals surface area contributed by atoms with Crippen molar-refractivity contribution in [2.75, 3.05) is 48.3 Å². The SMILES string of the molecule is CC(=O)Nc1nc(C)c(-c2csc(Nc3cccc4c3OC(F)(F)O4)n2)s1.CC(=O)Nc1nc(C)c(-c2csc(Nc3cccc4cc(C)oc34)n2)s1.CCCc1ccc(C(N)=O)cc1Nc1nc(-c2sc(C)nc2C)cs1.CCCc1ccc(C(N)=O)cc1Nc1nc(-c2sc(N)nc2C)cs1.CCCc1ccc(C(N)=O)cc1Nc1nc(-c2sc(NC(C)=O)nc2C)cs1. The number of rotatable bonds is 27. The first-order valence-electron chi connectivity index (χ1n) is 40.3. The van der Waals surface area contributed by atoms with Crippen LogP contribution in [0.3, 0.4) is 0 Å². The van der Waals surface area contributed by atoms with Crippen LogP contribution in [0.1, 0.15) is 148 Å². The third-order valence-corrected chi connectivity index (χ3v) is 27.9. The first-order valence-corrected chi connectivity index (χ1v) is 48.8. The number of nitrogen functional groups attached to an aromatic ring is 1. The second-order valence-electron chi connectivity index (χ2n) is 29.1. The molecule has 1 aliphatic heterocycles. The van der Waals surface area contributed by atoms with E-state index in [9.17, 15) is 37.5 Å². The van der Waals surface area contributed by atoms with E-state index in [1.54, 1.807) is 59.9 Å². The van der Waals surface area contributed by atoms with Crippen molar-refractivity contribution in [2.24, 2.45) is 17.2 Å². The Morgan fingerprint density at radius 3 is 1.06 bits per heavy atom. The first-order chi connectivity index (χ1) is 62.6. The van der Waals surface area contributed by atoms with Crippen molar-refractivity contribution < 1.29 is 51.4 Å². The molecule has 0 saturated carbocycles. The fourth-order valence-corrected chi connectivity index (χ4v) is 21.6. The predicted molar refractivity (Wildman–Crippen MR) is 529 cm³/mol. The minimum Gasteiger partial charge on any atom is -0.459 e. The minimum atomic E-state index is -3.69. The van der Waals surface area contributed by atoms with Crippen LogP contribution in [0.2, 0.25) is 0 Å². The molecular weight excluding hydrogens is 1870 g/mol. The van der Waals surface area contributed by atoms with E-state index in [1.165, 1.54) is 129 Å². The number of hydrogen-bond acceptors (Lipinski definition) is 35. The zero-order valence-corrected chi connectivity index (χ0v) is 80.8. The van der Waals surface area contributed by atoms with Gasteiger partial charge in [-0.25, -0.2) is 49.8 Å². The van der Waals surface area contributed by atoms with Gasteiger partial charge in [0, 0.05) is 86.8 Å². The summed E-state index contributed by atoms with van der Waals surface area (Å²) in [5, 5.41) is 41.9. The van der Waals surface area contributed by atoms with Gasteiger partial charge in [0.05, 0.1) is 97.7 Å². The van der Waals surface area contributed by atoms with Gasteiger partial charge in [-0.15, -0.1) is 76.8 Å². The normalized spacial score (nSPS) is 11.5. The third kappa shape index (κ3) is 24.8. The van der Waals surface area contributed by atoms with Crippen LogP contribution in [0.4, 0.5) is 83.4 Å². The molecule has 0 spiro atoms. The molecule has 1 aliphatic rings. The molecule has 43 heteroatoms. The smallest absolute Gasteiger partial charge is 0.459 e. The van der Waals surface area contributed by atoms with Crippen molar-refractivity contribution in [3.8, 4) is 64.4 Å². The zero-order chi connectivity index (χ0) is 93.6. The Labute approximate surface area is 790 Å². The average Bonchev–Trinajstić information content (AvgIpc) is 1.68. The van der Waals surface area contributed by atoms with Crippen LogP contribution in [-0.2, 0) is 33.6 Å². The third-order valence-electron chi connectivity index (χ3n) is 18.7. The van der Waals surface area contributed by atoms with Gasteiger partial charge >= 0.3 is 6.29 Å². The number of aryl methyl sites for hydroxylation is 10. The monoisotopic (exact) mass is 1950 g/mol. The van der Waals surface area contributed by atoms with Crippen LogP contribution < -0.4 is 74.9 Å². The van der Waals surface area contributed by atoms with Crippen molar-refractivity contribution in [3.05, 3.63) is 197 Å². The Morgan fingerprint density at radius 2 is 0.718 bits per heavy atom. The van der Waals surface area contributed by atoms with Crippen LogP contribution in [-0.4, -0.2) is 91.6 Å². The van der Waals surface area contributed by atoms with Gasteiger partial charge in [-0.05, 0) is 145 Å². The highest BCUT2D eigenvalue weighted by molar-refractivity contribution is 7.22. The minimum absolute atomic E-state index is 0.0416. The number of aromatic nitrogens is 10. The molecule has 0 bridgehead atoms.